The number of hydrogen-bond acceptors (Lipinski definition) is 7. The molecule has 0 amide bonds. The molecule has 0 fully saturated rings. The summed E-state index contributed by atoms with van der Waals surface area (Å²) in [6.07, 6.45) is 26.7. The van der Waals surface area contributed by atoms with E-state index in [0.717, 1.165) is 95.3 Å². The van der Waals surface area contributed by atoms with E-state index < -0.39 is 0 Å². The van der Waals surface area contributed by atoms with Crippen LogP contribution < -0.4 is 9.88 Å². The second kappa shape index (κ2) is 24.6. The summed E-state index contributed by atoms with van der Waals surface area (Å²) in [6, 6.07) is 9.91. The molecule has 7 nitrogen and oxygen atoms in total. The van der Waals surface area contributed by atoms with Crippen LogP contribution in [0.15, 0.2) is 114 Å². The van der Waals surface area contributed by atoms with Crippen molar-refractivity contribution < 1.29 is 4.42 Å². The van der Waals surface area contributed by atoms with Crippen molar-refractivity contribution in [3.63, 3.8) is 0 Å². The van der Waals surface area contributed by atoms with Crippen molar-refractivity contribution in [3.05, 3.63) is 176 Å². The van der Waals surface area contributed by atoms with Crippen LogP contribution in [-0.4, -0.2) is 62.5 Å². The first-order valence-corrected chi connectivity index (χ1v) is 23.5. The van der Waals surface area contributed by atoms with Gasteiger partial charge in [-0.1, -0.05) is 61.7 Å². The SMILES string of the molecule is C=Cc1c(/C=C(C)/C(C)=C/C(=C\C)c2n/c(=C/C(=C)c3nc(C(/C=C\C)=C/C)nc(-c4ccccc4)n3)c(=C)s2)c(/C=C\BC)c(C)n1C(/C=B\C)=C/c1nc(C(/C=C\C)=C/C=B\C)oc1C. The molecule has 4 heterocycles. The number of rotatable bonds is 18. The van der Waals surface area contributed by atoms with Gasteiger partial charge in [0.1, 0.15) is 0 Å². The summed E-state index contributed by atoms with van der Waals surface area (Å²) < 4.78 is 9.30. The van der Waals surface area contributed by atoms with E-state index in [1.165, 1.54) is 0 Å². The van der Waals surface area contributed by atoms with Crippen molar-refractivity contribution in [3.8, 4) is 11.4 Å². The molecule has 0 saturated carbocycles. The van der Waals surface area contributed by atoms with E-state index in [1.54, 1.807) is 11.3 Å². The van der Waals surface area contributed by atoms with Crippen LogP contribution in [0.1, 0.15) is 98.1 Å². The molecule has 0 radical (unpaired) electrons. The zero-order valence-electron chi connectivity index (χ0n) is 41.1. The fourth-order valence-corrected chi connectivity index (χ4v) is 8.13. The Morgan fingerprint density at radius 3 is 2.18 bits per heavy atom. The minimum absolute atomic E-state index is 0.475. The van der Waals surface area contributed by atoms with Gasteiger partial charge in [-0.05, 0) is 19.9 Å². The molecule has 0 unspecified atom stereocenters. The zero-order valence-corrected chi connectivity index (χ0v) is 41.9. The average molecular weight is 899 g/mol. The van der Waals surface area contributed by atoms with Gasteiger partial charge >= 0.3 is 265 Å². The predicted octanol–water partition coefficient (Wildman–Crippen LogP) is 11.9. The third-order valence-electron chi connectivity index (χ3n) is 10.8. The Morgan fingerprint density at radius 1 is 0.836 bits per heavy atom. The van der Waals surface area contributed by atoms with E-state index in [-0.39, 0.29) is 0 Å². The van der Waals surface area contributed by atoms with E-state index in [9.17, 15) is 0 Å². The first-order chi connectivity index (χ1) is 32.4. The Morgan fingerprint density at radius 2 is 1.54 bits per heavy atom. The molecule has 5 aromatic rings. The van der Waals surface area contributed by atoms with Gasteiger partial charge in [0, 0.05) is 21.2 Å². The summed E-state index contributed by atoms with van der Waals surface area (Å²) in [5.41, 5.74) is 12.5. The molecule has 0 aliphatic heterocycles. The minimum atomic E-state index is 0.475. The van der Waals surface area contributed by atoms with Gasteiger partial charge in [0.15, 0.2) is 17.5 Å². The Labute approximate surface area is 404 Å². The van der Waals surface area contributed by atoms with Crippen molar-refractivity contribution in [1.82, 2.24) is 29.5 Å². The fraction of sp³-hybridized carbons (Fsp3) is 0.196. The number of allylic oxidation sites excluding steroid dienone is 15. The second-order valence-corrected chi connectivity index (χ2v) is 16.7. The number of oxazole rings is 1. The molecule has 1 aromatic carbocycles. The van der Waals surface area contributed by atoms with Crippen molar-refractivity contribution in [2.45, 2.75) is 75.9 Å². The molecule has 0 bridgehead atoms. The number of benzene rings is 1. The number of thiazole rings is 1. The monoisotopic (exact) mass is 898 g/mol. The van der Waals surface area contributed by atoms with Crippen molar-refractivity contribution in [2.75, 3.05) is 0 Å². The third kappa shape index (κ3) is 12.5. The molecule has 67 heavy (non-hydrogen) atoms. The molecular weight excluding hydrogens is 837 g/mol. The summed E-state index contributed by atoms with van der Waals surface area (Å²) in [7, 11) is 0.904. The molecule has 11 heteroatoms. The van der Waals surface area contributed by atoms with Crippen LogP contribution in [0.3, 0.4) is 0 Å². The van der Waals surface area contributed by atoms with E-state index >= 15 is 0 Å². The summed E-state index contributed by atoms with van der Waals surface area (Å²) in [5, 5.41) is 1.57. The third-order valence-corrected chi connectivity index (χ3v) is 11.8. The molecule has 0 atom stereocenters. The molecular formula is C56H61B3N6OS. The van der Waals surface area contributed by atoms with Gasteiger partial charge in [-0.15, -0.1) is 0 Å². The molecule has 0 spiro atoms. The van der Waals surface area contributed by atoms with Gasteiger partial charge < -0.3 is 0 Å². The predicted molar refractivity (Wildman–Crippen MR) is 300 cm³/mol. The van der Waals surface area contributed by atoms with Gasteiger partial charge in [-0.2, -0.15) is 0 Å². The van der Waals surface area contributed by atoms with Gasteiger partial charge in [-0.3, -0.25) is 0 Å². The molecule has 5 rings (SSSR count). The Hall–Kier alpha value is -6.84. The summed E-state index contributed by atoms with van der Waals surface area (Å²) >= 11 is 1.54. The maximum absolute atomic E-state index is 6.23. The van der Waals surface area contributed by atoms with Gasteiger partial charge in [-0.25, -0.2) is 15.0 Å². The Bertz CT molecular complexity index is 3100. The van der Waals surface area contributed by atoms with Crippen molar-refractivity contribution in [2.24, 2.45) is 0 Å². The molecule has 0 aliphatic carbocycles. The van der Waals surface area contributed by atoms with E-state index in [1.807, 2.05) is 147 Å². The second-order valence-electron chi connectivity index (χ2n) is 15.6. The van der Waals surface area contributed by atoms with Crippen molar-refractivity contribution >= 4 is 109 Å². The van der Waals surface area contributed by atoms with E-state index in [0.29, 0.717) is 28.9 Å². The van der Waals surface area contributed by atoms with Gasteiger partial charge in [0.05, 0.1) is 5.35 Å². The van der Waals surface area contributed by atoms with Crippen LogP contribution in [0.2, 0.25) is 20.5 Å². The summed E-state index contributed by atoms with van der Waals surface area (Å²) in [5.74, 6) is 9.23. The van der Waals surface area contributed by atoms with E-state index in [4.69, 9.17) is 29.3 Å². The number of hydrogen-bond donors (Lipinski definition) is 0. The first-order valence-electron chi connectivity index (χ1n) is 22.7. The number of nitrogens with zero attached hydrogens (tertiary/aromatic N) is 6. The quantitative estimate of drug-likeness (QED) is 0.0644. The summed E-state index contributed by atoms with van der Waals surface area (Å²) in [4.78, 5) is 24.6. The van der Waals surface area contributed by atoms with Crippen LogP contribution in [0.25, 0.3) is 76.3 Å². The first kappa shape index (κ1) is 51.2. The standard InChI is InChI=1S/C56H61B3N6OS/c1-15-23-42(17-3)53-62-52(63-54(64-53)44-25-21-20-22-26-44)38(8)33-50-41(11)67-56(61-50)43(18-4)31-36(6)37(7)32-48-47(28-30-58-13)39(9)65(51(48)19-5)46(35-59-14)34-49-40(10)66-55(60-49)45(24-16-2)27-29-57-12/h15-35,58H,5,8,11H2,1-4,6-7,9-10,12-14H3/b23-15-,24-16-,30-28-,36-31+,37-32+,42-17+,43-18+,45-27+,46-34+,50-33+. The van der Waals surface area contributed by atoms with Crippen molar-refractivity contribution in [1.29, 1.82) is 0 Å². The molecule has 0 N–H and O–H groups in total. The summed E-state index contributed by atoms with van der Waals surface area (Å²) in [6.45, 7) is 39.7. The van der Waals surface area contributed by atoms with Crippen LogP contribution in [0.4, 0.5) is 0 Å². The normalized spacial score (nSPS) is 13.9. The van der Waals surface area contributed by atoms with Crippen LogP contribution in [-0.2, 0) is 0 Å². The number of aryl methyl sites for hydroxylation is 1. The van der Waals surface area contributed by atoms with Crippen LogP contribution in [0, 0.1) is 13.8 Å². The zero-order chi connectivity index (χ0) is 48.6. The maximum atomic E-state index is 6.23. The number of aromatic nitrogens is 6. The average Bonchev–Trinajstić information content (AvgIpc) is 3.97. The Balaban J connectivity index is 1.56. The fourth-order valence-electron chi connectivity index (χ4n) is 7.25. The molecule has 336 valence electrons. The molecule has 0 saturated heterocycles. The van der Waals surface area contributed by atoms with Gasteiger partial charge in [0.2, 0.25) is 0 Å². The van der Waals surface area contributed by atoms with Gasteiger partial charge in [0.25, 0.3) is 0 Å². The topological polar surface area (TPSA) is 82.5 Å². The molecule has 4 aromatic heterocycles. The Kier molecular flexibility index (Phi) is 18.8. The van der Waals surface area contributed by atoms with Crippen LogP contribution in [0.5, 0.6) is 0 Å². The van der Waals surface area contributed by atoms with E-state index in [2.05, 4.69) is 94.2 Å². The molecule has 0 aliphatic rings. The van der Waals surface area contributed by atoms with Crippen LogP contribution >= 0.6 is 11.3 Å².